The Morgan fingerprint density at radius 1 is 0.800 bits per heavy atom. The number of hydrogen-bond donors (Lipinski definition) is 0. The molecule has 0 unspecified atom stereocenters. The van der Waals surface area contributed by atoms with Gasteiger partial charge in [-0.15, -0.1) is 65.4 Å². The molecule has 0 N–H and O–H groups in total. The molecule has 8 rings (SSSR count). The third-order valence-corrected chi connectivity index (χ3v) is 10.3. The zero-order chi connectivity index (χ0) is 34.3. The maximum absolute atomic E-state index is 6.52. The van der Waals surface area contributed by atoms with Crippen molar-refractivity contribution >= 4 is 43.5 Å². The summed E-state index contributed by atoms with van der Waals surface area (Å²) in [6.45, 7) is 15.5. The zero-order valence-electron chi connectivity index (χ0n) is 29.4. The van der Waals surface area contributed by atoms with Crippen molar-refractivity contribution in [3.63, 3.8) is 0 Å². The van der Waals surface area contributed by atoms with E-state index in [1.807, 2.05) is 60.8 Å². The SMILES string of the molecule is Cc1cccc(C)c1-c1cc(-c2[c-]ccc3c2oc2ccc4nc(C(C)(C)C)sc4c23)ncc1C(C)C.[Ir].[c-]1ccccc1-c1ccccn1. The number of pyridine rings is 2. The van der Waals surface area contributed by atoms with Crippen LogP contribution in [0, 0.1) is 26.0 Å². The fourth-order valence-electron chi connectivity index (χ4n) is 6.32. The minimum Gasteiger partial charge on any atom is -0.501 e. The number of aryl methyl sites for hydroxylation is 2. The van der Waals surface area contributed by atoms with Crippen LogP contribution in [0.2, 0.25) is 0 Å². The first-order chi connectivity index (χ1) is 23.6. The van der Waals surface area contributed by atoms with Crippen molar-refractivity contribution in [1.82, 2.24) is 15.0 Å². The summed E-state index contributed by atoms with van der Waals surface area (Å²) in [5, 5.41) is 3.35. The molecular weight excluding hydrogens is 811 g/mol. The largest absolute Gasteiger partial charge is 0.501 e. The van der Waals surface area contributed by atoms with Gasteiger partial charge in [0.15, 0.2) is 0 Å². The molecule has 0 spiro atoms. The fraction of sp³-hybridized carbons (Fsp3) is 0.205. The number of thiazole rings is 1. The van der Waals surface area contributed by atoms with Crippen LogP contribution in [-0.4, -0.2) is 15.0 Å². The van der Waals surface area contributed by atoms with Crippen LogP contribution in [-0.2, 0) is 25.5 Å². The van der Waals surface area contributed by atoms with Crippen molar-refractivity contribution in [2.75, 3.05) is 0 Å². The predicted molar refractivity (Wildman–Crippen MR) is 205 cm³/mol. The molecule has 6 heteroatoms. The first-order valence-electron chi connectivity index (χ1n) is 16.7. The molecule has 0 aliphatic rings. The summed E-state index contributed by atoms with van der Waals surface area (Å²) in [5.74, 6) is 0.359. The Balaban J connectivity index is 0.000000281. The Morgan fingerprint density at radius 2 is 1.58 bits per heavy atom. The second-order valence-electron chi connectivity index (χ2n) is 13.8. The average molecular weight is 850 g/mol. The molecular formula is C44H39IrN3OS-2. The number of nitrogens with zero attached hydrogens (tertiary/aromatic N) is 3. The molecule has 4 aromatic carbocycles. The Hall–Kier alpha value is -4.48. The molecule has 4 heterocycles. The van der Waals surface area contributed by atoms with Gasteiger partial charge < -0.3 is 14.4 Å². The van der Waals surface area contributed by atoms with Crippen LogP contribution in [0.5, 0.6) is 0 Å². The molecule has 0 aliphatic carbocycles. The quantitative estimate of drug-likeness (QED) is 0.166. The first-order valence-corrected chi connectivity index (χ1v) is 17.5. The maximum Gasteiger partial charge on any atom is 0.122 e. The Bertz CT molecular complexity index is 2360. The number of benzene rings is 4. The molecule has 253 valence electrons. The second-order valence-corrected chi connectivity index (χ2v) is 14.8. The van der Waals surface area contributed by atoms with E-state index in [1.165, 1.54) is 32.5 Å². The van der Waals surface area contributed by atoms with Gasteiger partial charge in [0.05, 0.1) is 20.8 Å². The van der Waals surface area contributed by atoms with Gasteiger partial charge in [0.2, 0.25) is 0 Å². The smallest absolute Gasteiger partial charge is 0.122 e. The molecule has 0 aliphatic heterocycles. The van der Waals surface area contributed by atoms with Crippen molar-refractivity contribution in [3.8, 4) is 33.6 Å². The van der Waals surface area contributed by atoms with Gasteiger partial charge in [0.25, 0.3) is 0 Å². The molecule has 0 fully saturated rings. The third-order valence-electron chi connectivity index (χ3n) is 8.81. The minimum absolute atomic E-state index is 0. The van der Waals surface area contributed by atoms with Crippen LogP contribution >= 0.6 is 11.3 Å². The number of rotatable bonds is 4. The summed E-state index contributed by atoms with van der Waals surface area (Å²) in [6.07, 6.45) is 3.82. The van der Waals surface area contributed by atoms with Gasteiger partial charge >= 0.3 is 0 Å². The van der Waals surface area contributed by atoms with Crippen molar-refractivity contribution in [2.24, 2.45) is 0 Å². The maximum atomic E-state index is 6.52. The van der Waals surface area contributed by atoms with Gasteiger partial charge in [-0.1, -0.05) is 82.0 Å². The van der Waals surface area contributed by atoms with Crippen molar-refractivity contribution in [1.29, 1.82) is 0 Å². The van der Waals surface area contributed by atoms with E-state index in [9.17, 15) is 0 Å². The van der Waals surface area contributed by atoms with Gasteiger partial charge in [-0.25, -0.2) is 4.98 Å². The fourth-order valence-corrected chi connectivity index (χ4v) is 7.49. The van der Waals surface area contributed by atoms with Crippen molar-refractivity contribution in [3.05, 3.63) is 137 Å². The second kappa shape index (κ2) is 14.4. The molecule has 0 saturated heterocycles. The van der Waals surface area contributed by atoms with Gasteiger partial charge in [-0.05, 0) is 77.2 Å². The predicted octanol–water partition coefficient (Wildman–Crippen LogP) is 12.3. The van der Waals surface area contributed by atoms with Crippen LogP contribution in [0.3, 0.4) is 0 Å². The Morgan fingerprint density at radius 3 is 2.26 bits per heavy atom. The molecule has 4 aromatic heterocycles. The molecule has 8 aromatic rings. The summed E-state index contributed by atoms with van der Waals surface area (Å²) >= 11 is 1.77. The van der Waals surface area contributed by atoms with Crippen molar-refractivity contribution in [2.45, 2.75) is 59.8 Å². The topological polar surface area (TPSA) is 51.8 Å². The molecule has 50 heavy (non-hydrogen) atoms. The van der Waals surface area contributed by atoms with E-state index >= 15 is 0 Å². The van der Waals surface area contributed by atoms with Crippen LogP contribution in [0.4, 0.5) is 0 Å². The van der Waals surface area contributed by atoms with Gasteiger partial charge in [-0.2, -0.15) is 0 Å². The number of aromatic nitrogens is 3. The summed E-state index contributed by atoms with van der Waals surface area (Å²) < 4.78 is 7.70. The van der Waals surface area contributed by atoms with E-state index < -0.39 is 0 Å². The molecule has 0 bridgehead atoms. The molecule has 0 amide bonds. The summed E-state index contributed by atoms with van der Waals surface area (Å²) in [4.78, 5) is 14.1. The summed E-state index contributed by atoms with van der Waals surface area (Å²) in [7, 11) is 0. The molecule has 4 nitrogen and oxygen atoms in total. The Labute approximate surface area is 312 Å². The van der Waals surface area contributed by atoms with Gasteiger partial charge in [-0.3, -0.25) is 0 Å². The van der Waals surface area contributed by atoms with Crippen LogP contribution < -0.4 is 0 Å². The van der Waals surface area contributed by atoms with Gasteiger partial charge in [0.1, 0.15) is 5.58 Å². The third kappa shape index (κ3) is 6.81. The van der Waals surface area contributed by atoms with Crippen LogP contribution in [0.25, 0.3) is 65.8 Å². The number of fused-ring (bicyclic) bond motifs is 5. The minimum atomic E-state index is 0. The normalized spacial score (nSPS) is 11.5. The van der Waals surface area contributed by atoms with E-state index in [2.05, 4.69) is 102 Å². The van der Waals surface area contributed by atoms with Crippen molar-refractivity contribution < 1.29 is 24.5 Å². The standard InChI is InChI=1S/C33H31N2OS.C11H8N.Ir/c1-18(2)24-17-34-26(16-23(24)28-19(3)10-8-11-20(28)4)21-12-9-13-22-29-27(36-30(21)22)15-14-25-31(29)37-32(35-25)33(5,6)7;1-2-6-10(7-3-1)11-8-4-5-9-12-11;/h8-11,13-18H,1-7H3;1-6,8-9H;/q2*-1;. The molecule has 0 saturated carbocycles. The zero-order valence-corrected chi connectivity index (χ0v) is 32.6. The molecule has 1 radical (unpaired) electrons. The van der Waals surface area contributed by atoms with E-state index in [0.717, 1.165) is 55.0 Å². The van der Waals surface area contributed by atoms with Gasteiger partial charge in [0, 0.05) is 43.3 Å². The van der Waals surface area contributed by atoms with Crippen LogP contribution in [0.15, 0.2) is 108 Å². The van der Waals surface area contributed by atoms with E-state index in [1.54, 1.807) is 17.5 Å². The monoisotopic (exact) mass is 850 g/mol. The van der Waals surface area contributed by atoms with E-state index in [4.69, 9.17) is 14.4 Å². The van der Waals surface area contributed by atoms with Crippen LogP contribution in [0.1, 0.15) is 62.2 Å². The van der Waals surface area contributed by atoms with E-state index in [-0.39, 0.29) is 25.5 Å². The summed E-state index contributed by atoms with van der Waals surface area (Å²) in [6, 6.07) is 37.2. The number of hydrogen-bond acceptors (Lipinski definition) is 5. The summed E-state index contributed by atoms with van der Waals surface area (Å²) in [5.41, 5.74) is 12.8. The molecule has 0 atom stereocenters. The average Bonchev–Trinajstić information content (AvgIpc) is 3.71. The van der Waals surface area contributed by atoms with E-state index in [0.29, 0.717) is 5.92 Å². The Kier molecular flexibility index (Phi) is 10.2. The first kappa shape index (κ1) is 35.3. The number of furan rings is 1.